The summed E-state index contributed by atoms with van der Waals surface area (Å²) in [4.78, 5) is 14.7. The highest BCUT2D eigenvalue weighted by molar-refractivity contribution is 9.10. The Morgan fingerprint density at radius 2 is 1.78 bits per heavy atom. The standard InChI is InChI=1S/C27H23BrF2N4O2/c1-16-26(35)33(13-12-17-4-9-21(31)14-24(17)30)27(36-16)23-15-34(22-10-5-19(28)6-11-22)32-25(23)18-2-7-20(29)8-3-18/h2-11,14-16,27H,12-13,31H2,1H3/t16-,27+/m0/s1. The maximum absolute atomic E-state index is 14.4. The zero-order valence-corrected chi connectivity index (χ0v) is 21.0. The fourth-order valence-corrected chi connectivity index (χ4v) is 4.54. The van der Waals surface area contributed by atoms with Crippen LogP contribution in [-0.2, 0) is 16.0 Å². The number of carbonyl (C=O) groups is 1. The second kappa shape index (κ2) is 9.83. The molecular weight excluding hydrogens is 530 g/mol. The highest BCUT2D eigenvalue weighted by atomic mass is 79.9. The van der Waals surface area contributed by atoms with Crippen molar-refractivity contribution in [2.75, 3.05) is 12.3 Å². The van der Waals surface area contributed by atoms with Gasteiger partial charge in [0.15, 0.2) is 6.23 Å². The molecular formula is C27H23BrF2N4O2. The molecule has 1 fully saturated rings. The number of halogens is 3. The molecule has 0 spiro atoms. The smallest absolute Gasteiger partial charge is 0.253 e. The molecule has 4 aromatic rings. The van der Waals surface area contributed by atoms with Gasteiger partial charge in [0.2, 0.25) is 0 Å². The van der Waals surface area contributed by atoms with Crippen LogP contribution in [0.5, 0.6) is 0 Å². The summed E-state index contributed by atoms with van der Waals surface area (Å²) in [5, 5.41) is 4.77. The molecule has 1 saturated heterocycles. The van der Waals surface area contributed by atoms with E-state index in [1.54, 1.807) is 40.8 Å². The number of benzene rings is 3. The van der Waals surface area contributed by atoms with Crippen LogP contribution in [0.2, 0.25) is 0 Å². The van der Waals surface area contributed by atoms with Crippen molar-refractivity contribution in [1.29, 1.82) is 0 Å². The first-order valence-corrected chi connectivity index (χ1v) is 12.2. The summed E-state index contributed by atoms with van der Waals surface area (Å²) in [5.41, 5.74) is 9.17. The highest BCUT2D eigenvalue weighted by Gasteiger charge is 2.40. The van der Waals surface area contributed by atoms with Gasteiger partial charge in [0, 0.05) is 34.0 Å². The first kappa shape index (κ1) is 24.1. The van der Waals surface area contributed by atoms with Gasteiger partial charge in [-0.15, -0.1) is 0 Å². The maximum atomic E-state index is 14.4. The SMILES string of the molecule is C[C@@H]1O[C@H](c2cn(-c3ccc(Br)cc3)nc2-c2ccc(F)cc2)N(CCc2ccc(N)cc2F)C1=O. The van der Waals surface area contributed by atoms with Crippen molar-refractivity contribution >= 4 is 27.5 Å². The van der Waals surface area contributed by atoms with Crippen LogP contribution in [0.25, 0.3) is 16.9 Å². The molecule has 5 rings (SSSR count). The third-order valence-electron chi connectivity index (χ3n) is 6.16. The summed E-state index contributed by atoms with van der Waals surface area (Å²) in [6.07, 6.45) is 0.684. The van der Waals surface area contributed by atoms with Crippen LogP contribution in [0, 0.1) is 11.6 Å². The van der Waals surface area contributed by atoms with E-state index in [1.807, 2.05) is 30.5 Å². The summed E-state index contributed by atoms with van der Waals surface area (Å²) in [6.45, 7) is 1.93. The predicted octanol–water partition coefficient (Wildman–Crippen LogP) is 5.65. The van der Waals surface area contributed by atoms with Gasteiger partial charge < -0.3 is 15.4 Å². The van der Waals surface area contributed by atoms with Crippen molar-refractivity contribution in [2.24, 2.45) is 0 Å². The van der Waals surface area contributed by atoms with Crippen molar-refractivity contribution in [2.45, 2.75) is 25.7 Å². The molecule has 0 aliphatic carbocycles. The number of hydrogen-bond acceptors (Lipinski definition) is 4. The van der Waals surface area contributed by atoms with E-state index in [4.69, 9.17) is 15.6 Å². The van der Waals surface area contributed by atoms with E-state index in [0.717, 1.165) is 10.2 Å². The van der Waals surface area contributed by atoms with Crippen LogP contribution >= 0.6 is 15.9 Å². The van der Waals surface area contributed by atoms with Gasteiger partial charge in [0.1, 0.15) is 23.4 Å². The Morgan fingerprint density at radius 1 is 1.06 bits per heavy atom. The Labute approximate surface area is 215 Å². The molecule has 2 heterocycles. The molecule has 1 aliphatic heterocycles. The number of carbonyl (C=O) groups excluding carboxylic acids is 1. The minimum Gasteiger partial charge on any atom is -0.399 e. The number of nitrogens with two attached hydrogens (primary N) is 1. The summed E-state index contributed by atoms with van der Waals surface area (Å²) in [6, 6.07) is 18.1. The fraction of sp³-hybridized carbons (Fsp3) is 0.185. The first-order chi connectivity index (χ1) is 17.3. The maximum Gasteiger partial charge on any atom is 0.253 e. The Hall–Kier alpha value is -3.56. The molecule has 0 unspecified atom stereocenters. The molecule has 36 heavy (non-hydrogen) atoms. The van der Waals surface area contributed by atoms with E-state index < -0.39 is 18.1 Å². The van der Waals surface area contributed by atoms with Gasteiger partial charge in [0.25, 0.3) is 5.91 Å². The van der Waals surface area contributed by atoms with E-state index in [2.05, 4.69) is 15.9 Å². The number of ether oxygens (including phenoxy) is 1. The summed E-state index contributed by atoms with van der Waals surface area (Å²) >= 11 is 3.44. The van der Waals surface area contributed by atoms with E-state index in [1.165, 1.54) is 18.2 Å². The molecule has 2 N–H and O–H groups in total. The molecule has 0 saturated carbocycles. The van der Waals surface area contributed by atoms with Crippen LogP contribution in [0.3, 0.4) is 0 Å². The van der Waals surface area contributed by atoms with Gasteiger partial charge in [-0.2, -0.15) is 5.10 Å². The largest absolute Gasteiger partial charge is 0.399 e. The lowest BCUT2D eigenvalue weighted by Gasteiger charge is -2.23. The number of nitrogen functional groups attached to an aromatic ring is 1. The van der Waals surface area contributed by atoms with E-state index in [-0.39, 0.29) is 24.7 Å². The Kier molecular flexibility index (Phi) is 6.59. The van der Waals surface area contributed by atoms with Crippen molar-refractivity contribution < 1.29 is 18.3 Å². The zero-order valence-electron chi connectivity index (χ0n) is 19.4. The summed E-state index contributed by atoms with van der Waals surface area (Å²) in [7, 11) is 0. The quantitative estimate of drug-likeness (QED) is 0.313. The average Bonchev–Trinajstić information content (AvgIpc) is 3.41. The predicted molar refractivity (Wildman–Crippen MR) is 136 cm³/mol. The molecule has 0 radical (unpaired) electrons. The monoisotopic (exact) mass is 552 g/mol. The van der Waals surface area contributed by atoms with Crippen LogP contribution in [0.15, 0.2) is 77.4 Å². The average molecular weight is 553 g/mol. The number of hydrogen-bond donors (Lipinski definition) is 1. The number of rotatable bonds is 6. The molecule has 0 bridgehead atoms. The van der Waals surface area contributed by atoms with Gasteiger partial charge in [-0.05, 0) is 79.6 Å². The Bertz CT molecular complexity index is 1410. The Balaban J connectivity index is 1.53. The number of aromatic nitrogens is 2. The minimum atomic E-state index is -0.742. The van der Waals surface area contributed by atoms with E-state index in [0.29, 0.717) is 28.1 Å². The van der Waals surface area contributed by atoms with Crippen molar-refractivity contribution in [3.05, 3.63) is 100 Å². The van der Waals surface area contributed by atoms with Crippen LogP contribution in [0.4, 0.5) is 14.5 Å². The normalized spacial score (nSPS) is 17.7. The molecule has 1 amide bonds. The van der Waals surface area contributed by atoms with Crippen LogP contribution < -0.4 is 5.73 Å². The first-order valence-electron chi connectivity index (χ1n) is 11.4. The van der Waals surface area contributed by atoms with Gasteiger partial charge in [-0.25, -0.2) is 13.5 Å². The second-order valence-electron chi connectivity index (χ2n) is 8.62. The third-order valence-corrected chi connectivity index (χ3v) is 6.69. The lowest BCUT2D eigenvalue weighted by atomic mass is 10.1. The third kappa shape index (κ3) is 4.76. The van der Waals surface area contributed by atoms with Gasteiger partial charge >= 0.3 is 0 Å². The lowest BCUT2D eigenvalue weighted by molar-refractivity contribution is -0.130. The van der Waals surface area contributed by atoms with Crippen molar-refractivity contribution in [3.63, 3.8) is 0 Å². The summed E-state index contributed by atoms with van der Waals surface area (Å²) < 4.78 is 36.8. The van der Waals surface area contributed by atoms with Crippen LogP contribution in [0.1, 0.15) is 24.3 Å². The molecule has 6 nitrogen and oxygen atoms in total. The van der Waals surface area contributed by atoms with Crippen LogP contribution in [-0.4, -0.2) is 33.2 Å². The number of nitrogens with zero attached hydrogens (tertiary/aromatic N) is 3. The minimum absolute atomic E-state index is 0.197. The zero-order chi connectivity index (χ0) is 25.4. The lowest BCUT2D eigenvalue weighted by Crippen LogP contribution is -2.32. The Morgan fingerprint density at radius 3 is 2.47 bits per heavy atom. The summed E-state index contributed by atoms with van der Waals surface area (Å²) in [5.74, 6) is -0.972. The molecule has 184 valence electrons. The van der Waals surface area contributed by atoms with Crippen molar-refractivity contribution in [3.8, 4) is 16.9 Å². The molecule has 1 aromatic heterocycles. The molecule has 9 heteroatoms. The van der Waals surface area contributed by atoms with E-state index >= 15 is 0 Å². The molecule has 2 atom stereocenters. The van der Waals surface area contributed by atoms with Gasteiger partial charge in [0.05, 0.1) is 5.69 Å². The topological polar surface area (TPSA) is 73.4 Å². The van der Waals surface area contributed by atoms with Gasteiger partial charge in [-0.3, -0.25) is 4.79 Å². The molecule has 3 aromatic carbocycles. The highest BCUT2D eigenvalue weighted by Crippen LogP contribution is 2.37. The molecule has 1 aliphatic rings. The second-order valence-corrected chi connectivity index (χ2v) is 9.54. The van der Waals surface area contributed by atoms with Gasteiger partial charge in [-0.1, -0.05) is 22.0 Å². The van der Waals surface area contributed by atoms with E-state index in [9.17, 15) is 13.6 Å². The number of anilines is 1. The fourth-order valence-electron chi connectivity index (χ4n) is 4.28. The number of amides is 1. The van der Waals surface area contributed by atoms with Crippen molar-refractivity contribution in [1.82, 2.24) is 14.7 Å².